The van der Waals surface area contributed by atoms with Crippen molar-refractivity contribution < 1.29 is 14.7 Å². The van der Waals surface area contributed by atoms with E-state index in [2.05, 4.69) is 19.2 Å². The molecular formula is C16H30N2O3. The van der Waals surface area contributed by atoms with Crippen molar-refractivity contribution in [3.8, 4) is 0 Å². The average Bonchev–Trinajstić information content (AvgIpc) is 2.32. The molecule has 0 aliphatic carbocycles. The number of aliphatic carboxylic acids is 1. The third-order valence-corrected chi connectivity index (χ3v) is 4.11. The first-order valence-electron chi connectivity index (χ1n) is 7.76. The van der Waals surface area contributed by atoms with Crippen LogP contribution < -0.4 is 5.32 Å². The third-order valence-electron chi connectivity index (χ3n) is 4.11. The van der Waals surface area contributed by atoms with Crippen molar-refractivity contribution in [3.63, 3.8) is 0 Å². The molecule has 2 amide bonds. The molecule has 0 saturated carbocycles. The van der Waals surface area contributed by atoms with Crippen molar-refractivity contribution in [2.45, 2.75) is 53.9 Å². The van der Waals surface area contributed by atoms with Crippen LogP contribution in [0, 0.1) is 16.7 Å². The van der Waals surface area contributed by atoms with Crippen LogP contribution >= 0.6 is 0 Å². The fourth-order valence-corrected chi connectivity index (χ4v) is 2.62. The fourth-order valence-electron chi connectivity index (χ4n) is 2.62. The summed E-state index contributed by atoms with van der Waals surface area (Å²) < 4.78 is 0. The first-order chi connectivity index (χ1) is 9.50. The zero-order chi connectivity index (χ0) is 16.3. The molecule has 1 saturated heterocycles. The molecule has 5 nitrogen and oxygen atoms in total. The van der Waals surface area contributed by atoms with Crippen LogP contribution in [0.4, 0.5) is 4.79 Å². The SMILES string of the molecule is CC(C)(C)CC(CNC(=O)N1CCC(C)(C)CC1)C(=O)O. The van der Waals surface area contributed by atoms with Gasteiger partial charge in [-0.15, -0.1) is 0 Å². The molecule has 1 aliphatic heterocycles. The zero-order valence-electron chi connectivity index (χ0n) is 14.0. The maximum atomic E-state index is 12.1. The number of urea groups is 1. The average molecular weight is 298 g/mol. The summed E-state index contributed by atoms with van der Waals surface area (Å²) in [6, 6.07) is -0.134. The Balaban J connectivity index is 2.45. The maximum absolute atomic E-state index is 12.1. The number of carboxylic acid groups (broad SMARTS) is 1. The van der Waals surface area contributed by atoms with Gasteiger partial charge < -0.3 is 15.3 Å². The topological polar surface area (TPSA) is 69.6 Å². The molecule has 1 atom stereocenters. The number of hydrogen-bond acceptors (Lipinski definition) is 2. The number of hydrogen-bond donors (Lipinski definition) is 2. The van der Waals surface area contributed by atoms with Crippen molar-refractivity contribution in [2.75, 3.05) is 19.6 Å². The molecule has 2 N–H and O–H groups in total. The molecule has 0 aromatic heterocycles. The normalized spacial score (nSPS) is 20.0. The summed E-state index contributed by atoms with van der Waals surface area (Å²) in [6.45, 7) is 12.2. The van der Waals surface area contributed by atoms with E-state index in [1.165, 1.54) is 0 Å². The van der Waals surface area contributed by atoms with Crippen LogP contribution in [0.2, 0.25) is 0 Å². The predicted molar refractivity (Wildman–Crippen MR) is 83.2 cm³/mol. The van der Waals surface area contributed by atoms with Crippen LogP contribution in [-0.4, -0.2) is 41.6 Å². The smallest absolute Gasteiger partial charge is 0.317 e. The largest absolute Gasteiger partial charge is 0.481 e. The Bertz CT molecular complexity index is 375. The fraction of sp³-hybridized carbons (Fsp3) is 0.875. The zero-order valence-corrected chi connectivity index (χ0v) is 14.0. The summed E-state index contributed by atoms with van der Waals surface area (Å²) in [5.41, 5.74) is 0.232. The highest BCUT2D eigenvalue weighted by atomic mass is 16.4. The van der Waals surface area contributed by atoms with Gasteiger partial charge in [-0.25, -0.2) is 4.79 Å². The number of nitrogens with zero attached hydrogens (tertiary/aromatic N) is 1. The van der Waals surface area contributed by atoms with Gasteiger partial charge in [0.1, 0.15) is 0 Å². The van der Waals surface area contributed by atoms with E-state index < -0.39 is 11.9 Å². The highest BCUT2D eigenvalue weighted by Crippen LogP contribution is 2.29. The Kier molecular flexibility index (Phi) is 5.65. The second-order valence-corrected chi connectivity index (χ2v) is 8.14. The molecule has 0 aromatic carbocycles. The molecule has 21 heavy (non-hydrogen) atoms. The van der Waals surface area contributed by atoms with Crippen LogP contribution in [0.5, 0.6) is 0 Å². The van der Waals surface area contributed by atoms with Gasteiger partial charge in [-0.05, 0) is 30.1 Å². The standard InChI is InChI=1S/C16H30N2O3/c1-15(2,3)10-12(13(19)20)11-17-14(21)18-8-6-16(4,5)7-9-18/h12H,6-11H2,1-5H3,(H,17,21)(H,19,20). The minimum Gasteiger partial charge on any atom is -0.481 e. The second-order valence-electron chi connectivity index (χ2n) is 8.14. The summed E-state index contributed by atoms with van der Waals surface area (Å²) in [7, 11) is 0. The number of amides is 2. The van der Waals surface area contributed by atoms with E-state index in [9.17, 15) is 14.7 Å². The van der Waals surface area contributed by atoms with E-state index in [0.29, 0.717) is 11.8 Å². The Morgan fingerprint density at radius 2 is 1.76 bits per heavy atom. The van der Waals surface area contributed by atoms with Gasteiger partial charge in [-0.3, -0.25) is 4.79 Å². The predicted octanol–water partition coefficient (Wildman–Crippen LogP) is 2.96. The van der Waals surface area contributed by atoms with Gasteiger partial charge in [0.05, 0.1) is 5.92 Å². The molecule has 0 bridgehead atoms. The Morgan fingerprint density at radius 1 is 1.24 bits per heavy atom. The third kappa shape index (κ3) is 6.36. The quantitative estimate of drug-likeness (QED) is 0.838. The van der Waals surface area contributed by atoms with Crippen LogP contribution in [-0.2, 0) is 4.79 Å². The lowest BCUT2D eigenvalue weighted by atomic mass is 9.83. The van der Waals surface area contributed by atoms with Gasteiger partial charge in [0.2, 0.25) is 0 Å². The van der Waals surface area contributed by atoms with Crippen molar-refractivity contribution in [1.29, 1.82) is 0 Å². The van der Waals surface area contributed by atoms with E-state index in [0.717, 1.165) is 25.9 Å². The number of likely N-dealkylation sites (tertiary alicyclic amines) is 1. The van der Waals surface area contributed by atoms with E-state index in [1.807, 2.05) is 20.8 Å². The van der Waals surface area contributed by atoms with Gasteiger partial charge in [0, 0.05) is 19.6 Å². The molecule has 0 aromatic rings. The van der Waals surface area contributed by atoms with Crippen molar-refractivity contribution in [2.24, 2.45) is 16.7 Å². The molecule has 1 fully saturated rings. The molecule has 1 rings (SSSR count). The summed E-state index contributed by atoms with van der Waals surface area (Å²) in [4.78, 5) is 25.2. The summed E-state index contributed by atoms with van der Waals surface area (Å²) in [6.07, 6.45) is 2.53. The van der Waals surface area contributed by atoms with Crippen molar-refractivity contribution in [3.05, 3.63) is 0 Å². The molecule has 0 radical (unpaired) electrons. The summed E-state index contributed by atoms with van der Waals surface area (Å²) >= 11 is 0. The number of rotatable bonds is 4. The van der Waals surface area contributed by atoms with E-state index in [-0.39, 0.29) is 18.0 Å². The molecule has 0 spiro atoms. The van der Waals surface area contributed by atoms with Crippen LogP contribution in [0.25, 0.3) is 0 Å². The Morgan fingerprint density at radius 3 is 2.19 bits per heavy atom. The van der Waals surface area contributed by atoms with E-state index in [1.54, 1.807) is 4.90 Å². The van der Waals surface area contributed by atoms with Crippen LogP contribution in [0.15, 0.2) is 0 Å². The van der Waals surface area contributed by atoms with Crippen molar-refractivity contribution >= 4 is 12.0 Å². The van der Waals surface area contributed by atoms with Crippen LogP contribution in [0.1, 0.15) is 53.9 Å². The van der Waals surface area contributed by atoms with Gasteiger partial charge in [-0.1, -0.05) is 34.6 Å². The molecule has 122 valence electrons. The highest BCUT2D eigenvalue weighted by Gasteiger charge is 2.29. The minimum atomic E-state index is -0.843. The number of piperidine rings is 1. The van der Waals surface area contributed by atoms with Gasteiger partial charge in [-0.2, -0.15) is 0 Å². The van der Waals surface area contributed by atoms with E-state index in [4.69, 9.17) is 0 Å². The number of carbonyl (C=O) groups excluding carboxylic acids is 1. The number of nitrogens with one attached hydrogen (secondary N) is 1. The monoisotopic (exact) mass is 298 g/mol. The number of carboxylic acids is 1. The Labute approximate surface area is 128 Å². The van der Waals surface area contributed by atoms with Gasteiger partial charge in [0.25, 0.3) is 0 Å². The molecular weight excluding hydrogens is 268 g/mol. The molecule has 5 heteroatoms. The maximum Gasteiger partial charge on any atom is 0.317 e. The first-order valence-corrected chi connectivity index (χ1v) is 7.76. The molecule has 1 unspecified atom stereocenters. The molecule has 1 aliphatic rings. The summed E-state index contributed by atoms with van der Waals surface area (Å²) in [5.74, 6) is -1.37. The van der Waals surface area contributed by atoms with Crippen LogP contribution in [0.3, 0.4) is 0 Å². The summed E-state index contributed by atoms with van der Waals surface area (Å²) in [5, 5.41) is 12.1. The van der Waals surface area contributed by atoms with Gasteiger partial charge >= 0.3 is 12.0 Å². The lowest BCUT2D eigenvalue weighted by Gasteiger charge is -2.37. The van der Waals surface area contributed by atoms with Gasteiger partial charge in [0.15, 0.2) is 0 Å². The Hall–Kier alpha value is -1.26. The van der Waals surface area contributed by atoms with E-state index >= 15 is 0 Å². The number of carbonyl (C=O) groups is 2. The minimum absolute atomic E-state index is 0.0665. The second kappa shape index (κ2) is 6.67. The van der Waals surface area contributed by atoms with Crippen molar-refractivity contribution in [1.82, 2.24) is 10.2 Å². The first kappa shape index (κ1) is 17.8. The lowest BCUT2D eigenvalue weighted by Crippen LogP contribution is -2.47. The highest BCUT2D eigenvalue weighted by molar-refractivity contribution is 5.76. The lowest BCUT2D eigenvalue weighted by molar-refractivity contribution is -0.142. The molecule has 1 heterocycles.